The van der Waals surface area contributed by atoms with E-state index in [0.29, 0.717) is 6.10 Å². The van der Waals surface area contributed by atoms with Crippen LogP contribution in [0.3, 0.4) is 0 Å². The molecule has 1 unspecified atom stereocenters. The molecule has 0 saturated heterocycles. The highest BCUT2D eigenvalue weighted by molar-refractivity contribution is 7.10. The topological polar surface area (TPSA) is 39.1 Å². The fourth-order valence-electron chi connectivity index (χ4n) is 2.07. The van der Waals surface area contributed by atoms with Crippen molar-refractivity contribution in [2.24, 2.45) is 7.05 Å². The van der Waals surface area contributed by atoms with Crippen LogP contribution in [0.15, 0.2) is 29.9 Å². The van der Waals surface area contributed by atoms with E-state index in [0.717, 1.165) is 25.4 Å². The highest BCUT2D eigenvalue weighted by atomic mass is 32.1. The molecule has 0 fully saturated rings. The molecule has 0 bridgehead atoms. The molecule has 5 heteroatoms. The fourth-order valence-corrected chi connectivity index (χ4v) is 2.86. The Morgan fingerprint density at radius 1 is 1.45 bits per heavy atom. The zero-order valence-corrected chi connectivity index (χ0v) is 13.2. The number of ether oxygens (including phenoxy) is 1. The highest BCUT2D eigenvalue weighted by Gasteiger charge is 2.18. The van der Waals surface area contributed by atoms with E-state index in [4.69, 9.17) is 4.74 Å². The van der Waals surface area contributed by atoms with Crippen LogP contribution in [-0.4, -0.2) is 28.8 Å². The van der Waals surface area contributed by atoms with Gasteiger partial charge in [0.15, 0.2) is 0 Å². The van der Waals surface area contributed by atoms with Crippen molar-refractivity contribution in [3.8, 4) is 0 Å². The van der Waals surface area contributed by atoms with Crippen molar-refractivity contribution in [2.75, 3.05) is 13.2 Å². The van der Waals surface area contributed by atoms with Gasteiger partial charge >= 0.3 is 0 Å². The zero-order chi connectivity index (χ0) is 14.4. The number of rotatable bonds is 8. The first kappa shape index (κ1) is 15.2. The van der Waals surface area contributed by atoms with E-state index in [-0.39, 0.29) is 6.04 Å². The van der Waals surface area contributed by atoms with Gasteiger partial charge in [-0.2, -0.15) is 0 Å². The van der Waals surface area contributed by atoms with Crippen LogP contribution >= 0.6 is 11.3 Å². The van der Waals surface area contributed by atoms with Crippen molar-refractivity contribution in [1.82, 2.24) is 14.9 Å². The van der Waals surface area contributed by atoms with Crippen LogP contribution in [0.1, 0.15) is 37.0 Å². The van der Waals surface area contributed by atoms with Crippen molar-refractivity contribution in [3.05, 3.63) is 40.6 Å². The fraction of sp³-hybridized carbons (Fsp3) is 0.533. The predicted octanol–water partition coefficient (Wildman–Crippen LogP) is 2.98. The SMILES string of the molecule is CC(C)OCCCNC(c1cccs1)c1nccn1C. The molecule has 0 aromatic carbocycles. The molecule has 0 aliphatic rings. The van der Waals surface area contributed by atoms with Crippen molar-refractivity contribution < 1.29 is 4.74 Å². The van der Waals surface area contributed by atoms with Gasteiger partial charge in [0.2, 0.25) is 0 Å². The number of aromatic nitrogens is 2. The molecule has 2 aromatic heterocycles. The van der Waals surface area contributed by atoms with E-state index < -0.39 is 0 Å². The number of thiophene rings is 1. The summed E-state index contributed by atoms with van der Waals surface area (Å²) in [4.78, 5) is 5.77. The molecule has 2 aromatic rings. The van der Waals surface area contributed by atoms with Gasteiger partial charge in [-0.15, -0.1) is 11.3 Å². The quantitative estimate of drug-likeness (QED) is 0.761. The Kier molecular flexibility index (Phi) is 5.76. The summed E-state index contributed by atoms with van der Waals surface area (Å²) in [5.41, 5.74) is 0. The summed E-state index contributed by atoms with van der Waals surface area (Å²) in [6.07, 6.45) is 5.14. The third-order valence-corrected chi connectivity index (χ3v) is 4.00. The molecule has 0 amide bonds. The molecule has 1 atom stereocenters. The second-order valence-electron chi connectivity index (χ2n) is 5.07. The summed E-state index contributed by atoms with van der Waals surface area (Å²) in [6, 6.07) is 4.40. The lowest BCUT2D eigenvalue weighted by molar-refractivity contribution is 0.0768. The lowest BCUT2D eigenvalue weighted by Gasteiger charge is -2.17. The molecule has 0 radical (unpaired) electrons. The van der Waals surface area contributed by atoms with E-state index >= 15 is 0 Å². The van der Waals surface area contributed by atoms with Crippen molar-refractivity contribution in [1.29, 1.82) is 0 Å². The van der Waals surface area contributed by atoms with Crippen LogP contribution in [0.25, 0.3) is 0 Å². The smallest absolute Gasteiger partial charge is 0.131 e. The molecule has 0 aliphatic carbocycles. The van der Waals surface area contributed by atoms with E-state index in [1.54, 1.807) is 11.3 Å². The Hall–Kier alpha value is -1.17. The first-order chi connectivity index (χ1) is 9.68. The summed E-state index contributed by atoms with van der Waals surface area (Å²) in [7, 11) is 2.03. The molecule has 4 nitrogen and oxygen atoms in total. The average Bonchev–Trinajstić information content (AvgIpc) is 3.05. The van der Waals surface area contributed by atoms with Crippen LogP contribution in [0.5, 0.6) is 0 Å². The van der Waals surface area contributed by atoms with E-state index in [9.17, 15) is 0 Å². The number of hydrogen-bond acceptors (Lipinski definition) is 4. The maximum Gasteiger partial charge on any atom is 0.131 e. The molecule has 0 saturated carbocycles. The second-order valence-corrected chi connectivity index (χ2v) is 6.05. The standard InChI is InChI=1S/C15H23N3OS/c1-12(2)19-10-5-7-16-14(13-6-4-11-20-13)15-17-8-9-18(15)3/h4,6,8-9,11-12,14,16H,5,7,10H2,1-3H3. The van der Waals surface area contributed by atoms with Gasteiger partial charge < -0.3 is 14.6 Å². The minimum Gasteiger partial charge on any atom is -0.379 e. The number of nitrogens with zero attached hydrogens (tertiary/aromatic N) is 2. The number of aryl methyl sites for hydroxylation is 1. The van der Waals surface area contributed by atoms with Crippen LogP contribution in [0.4, 0.5) is 0 Å². The normalized spacial score (nSPS) is 13.0. The monoisotopic (exact) mass is 293 g/mol. The van der Waals surface area contributed by atoms with Gasteiger partial charge in [0.05, 0.1) is 6.10 Å². The molecule has 0 aliphatic heterocycles. The van der Waals surface area contributed by atoms with Gasteiger partial charge in [0.25, 0.3) is 0 Å². The van der Waals surface area contributed by atoms with Crippen molar-refractivity contribution in [2.45, 2.75) is 32.4 Å². The highest BCUT2D eigenvalue weighted by Crippen LogP contribution is 2.24. The summed E-state index contributed by atoms with van der Waals surface area (Å²) < 4.78 is 7.64. The number of imidazole rings is 1. The predicted molar refractivity (Wildman–Crippen MR) is 83.1 cm³/mol. The number of nitrogens with one attached hydrogen (secondary N) is 1. The third kappa shape index (κ3) is 4.16. The first-order valence-corrected chi connectivity index (χ1v) is 7.92. The lowest BCUT2D eigenvalue weighted by atomic mass is 10.2. The molecule has 2 heterocycles. The Morgan fingerprint density at radius 2 is 2.30 bits per heavy atom. The first-order valence-electron chi connectivity index (χ1n) is 7.04. The Morgan fingerprint density at radius 3 is 2.90 bits per heavy atom. The van der Waals surface area contributed by atoms with Gasteiger partial charge in [-0.3, -0.25) is 0 Å². The van der Waals surface area contributed by atoms with Crippen molar-refractivity contribution in [3.63, 3.8) is 0 Å². The van der Waals surface area contributed by atoms with Gasteiger partial charge in [0, 0.05) is 30.9 Å². The average molecular weight is 293 g/mol. The maximum atomic E-state index is 5.57. The van der Waals surface area contributed by atoms with Crippen LogP contribution in [-0.2, 0) is 11.8 Å². The third-order valence-electron chi connectivity index (χ3n) is 3.07. The Labute approximate surface area is 124 Å². The van der Waals surface area contributed by atoms with Crippen molar-refractivity contribution >= 4 is 11.3 Å². The largest absolute Gasteiger partial charge is 0.379 e. The van der Waals surface area contributed by atoms with Crippen LogP contribution < -0.4 is 5.32 Å². The van der Waals surface area contributed by atoms with Gasteiger partial charge in [-0.25, -0.2) is 4.98 Å². The molecular weight excluding hydrogens is 270 g/mol. The Balaban J connectivity index is 1.93. The summed E-state index contributed by atoms with van der Waals surface area (Å²) in [5.74, 6) is 1.05. The minimum absolute atomic E-state index is 0.161. The Bertz CT molecular complexity index is 493. The lowest BCUT2D eigenvalue weighted by Crippen LogP contribution is -2.26. The summed E-state index contributed by atoms with van der Waals surface area (Å²) in [6.45, 7) is 5.84. The summed E-state index contributed by atoms with van der Waals surface area (Å²) in [5, 5.41) is 5.69. The number of hydrogen-bond donors (Lipinski definition) is 1. The van der Waals surface area contributed by atoms with Gasteiger partial charge in [-0.1, -0.05) is 6.07 Å². The van der Waals surface area contributed by atoms with Crippen LogP contribution in [0.2, 0.25) is 0 Å². The molecule has 110 valence electrons. The molecule has 1 N–H and O–H groups in total. The van der Waals surface area contributed by atoms with Crippen LogP contribution in [0, 0.1) is 0 Å². The molecule has 20 heavy (non-hydrogen) atoms. The molecular formula is C15H23N3OS. The van der Waals surface area contributed by atoms with E-state index in [1.807, 2.05) is 19.4 Å². The van der Waals surface area contributed by atoms with E-state index in [2.05, 4.69) is 46.2 Å². The van der Waals surface area contributed by atoms with E-state index in [1.165, 1.54) is 4.88 Å². The summed E-state index contributed by atoms with van der Waals surface area (Å²) >= 11 is 1.76. The van der Waals surface area contributed by atoms with Gasteiger partial charge in [-0.05, 0) is 38.3 Å². The molecule has 2 rings (SSSR count). The molecule has 0 spiro atoms. The van der Waals surface area contributed by atoms with Gasteiger partial charge in [0.1, 0.15) is 11.9 Å². The maximum absolute atomic E-state index is 5.57. The minimum atomic E-state index is 0.161. The zero-order valence-electron chi connectivity index (χ0n) is 12.4. The second kappa shape index (κ2) is 7.57.